The smallest absolute Gasteiger partial charge is 0.0589 e. The maximum Gasteiger partial charge on any atom is 0.0589 e. The van der Waals surface area contributed by atoms with Crippen molar-refractivity contribution in [1.29, 1.82) is 0 Å². The second-order valence-electron chi connectivity index (χ2n) is 6.80. The second-order valence-corrected chi connectivity index (χ2v) is 6.80. The Morgan fingerprint density at radius 3 is 2.19 bits per heavy atom. The summed E-state index contributed by atoms with van der Waals surface area (Å²) >= 11 is 0. The minimum atomic E-state index is 0.416. The summed E-state index contributed by atoms with van der Waals surface area (Å²) in [5.41, 5.74) is 0.416. The van der Waals surface area contributed by atoms with E-state index in [0.717, 1.165) is 19.2 Å². The molecular weight excluding hydrogens is 260 g/mol. The first-order valence-corrected chi connectivity index (χ1v) is 9.11. The van der Waals surface area contributed by atoms with Crippen LogP contribution in [0, 0.1) is 5.41 Å². The first-order chi connectivity index (χ1) is 10.1. The summed E-state index contributed by atoms with van der Waals surface area (Å²) < 4.78 is 5.34. The van der Waals surface area contributed by atoms with Gasteiger partial charge in [-0.2, -0.15) is 0 Å². The van der Waals surface area contributed by atoms with Crippen LogP contribution in [-0.2, 0) is 4.74 Å². The first kappa shape index (κ1) is 18.9. The molecule has 21 heavy (non-hydrogen) atoms. The summed E-state index contributed by atoms with van der Waals surface area (Å²) in [7, 11) is 1.81. The number of ether oxygens (including phenoxy) is 1. The Balaban J connectivity index is 2.67. The van der Waals surface area contributed by atoms with Crippen LogP contribution < -0.4 is 5.32 Å². The number of hydrogen-bond donors (Lipinski definition) is 1. The molecule has 1 aliphatic rings. The average molecular weight is 299 g/mol. The summed E-state index contributed by atoms with van der Waals surface area (Å²) in [6.45, 7) is 13.6. The molecule has 1 N–H and O–H groups in total. The van der Waals surface area contributed by atoms with E-state index in [-0.39, 0.29) is 0 Å². The van der Waals surface area contributed by atoms with Gasteiger partial charge in [0.2, 0.25) is 0 Å². The molecule has 0 unspecified atom stereocenters. The first-order valence-electron chi connectivity index (χ1n) is 9.11. The Kier molecular flexibility index (Phi) is 8.84. The van der Waals surface area contributed by atoms with Crippen LogP contribution in [-0.4, -0.2) is 50.3 Å². The quantitative estimate of drug-likeness (QED) is 0.561. The highest BCUT2D eigenvalue weighted by Gasteiger charge is 2.32. The Labute approximate surface area is 132 Å². The van der Waals surface area contributed by atoms with Crippen molar-refractivity contribution >= 4 is 0 Å². The van der Waals surface area contributed by atoms with Crippen molar-refractivity contribution in [2.24, 2.45) is 5.41 Å². The number of methoxy groups -OCH3 is 1. The molecule has 3 heteroatoms. The van der Waals surface area contributed by atoms with Crippen LogP contribution in [0.1, 0.15) is 66.2 Å². The van der Waals surface area contributed by atoms with Crippen LogP contribution in [0.25, 0.3) is 0 Å². The van der Waals surface area contributed by atoms with Crippen molar-refractivity contribution in [3.63, 3.8) is 0 Å². The fraction of sp³-hybridized carbons (Fsp3) is 1.00. The second kappa shape index (κ2) is 9.81. The molecule has 0 amide bonds. The lowest BCUT2D eigenvalue weighted by Gasteiger charge is -2.41. The van der Waals surface area contributed by atoms with E-state index in [9.17, 15) is 0 Å². The molecule has 0 heterocycles. The third-order valence-electron chi connectivity index (χ3n) is 5.42. The van der Waals surface area contributed by atoms with Crippen LogP contribution in [0.4, 0.5) is 0 Å². The molecule has 3 nitrogen and oxygen atoms in total. The number of hydrogen-bond acceptors (Lipinski definition) is 3. The molecule has 0 saturated heterocycles. The Morgan fingerprint density at radius 2 is 1.76 bits per heavy atom. The summed E-state index contributed by atoms with van der Waals surface area (Å²) in [5, 5.41) is 3.78. The maximum absolute atomic E-state index is 5.34. The van der Waals surface area contributed by atoms with E-state index in [0.29, 0.717) is 11.5 Å². The molecule has 1 fully saturated rings. The van der Waals surface area contributed by atoms with Gasteiger partial charge in [-0.05, 0) is 43.9 Å². The molecule has 0 radical (unpaired) electrons. The topological polar surface area (TPSA) is 24.5 Å². The molecule has 0 spiro atoms. The van der Waals surface area contributed by atoms with Crippen molar-refractivity contribution < 1.29 is 4.74 Å². The zero-order valence-corrected chi connectivity index (χ0v) is 15.1. The summed E-state index contributed by atoms with van der Waals surface area (Å²) in [4.78, 5) is 2.69. The third-order valence-corrected chi connectivity index (χ3v) is 5.42. The van der Waals surface area contributed by atoms with Gasteiger partial charge in [-0.3, -0.25) is 4.90 Å². The van der Waals surface area contributed by atoms with Crippen molar-refractivity contribution in [2.75, 3.05) is 33.4 Å². The van der Waals surface area contributed by atoms with Gasteiger partial charge in [0.15, 0.2) is 0 Å². The molecule has 0 aromatic rings. The van der Waals surface area contributed by atoms with Crippen molar-refractivity contribution in [3.05, 3.63) is 0 Å². The van der Waals surface area contributed by atoms with Gasteiger partial charge in [0.1, 0.15) is 0 Å². The van der Waals surface area contributed by atoms with Crippen LogP contribution in [0.3, 0.4) is 0 Å². The SMILES string of the molecule is CCC(CC)N(CCOC)CC(CC)(CC)CNC1CC1. The van der Waals surface area contributed by atoms with Crippen LogP contribution in [0.2, 0.25) is 0 Å². The zero-order valence-electron chi connectivity index (χ0n) is 15.1. The molecule has 1 saturated carbocycles. The Hall–Kier alpha value is -0.120. The van der Waals surface area contributed by atoms with Gasteiger partial charge < -0.3 is 10.1 Å². The largest absolute Gasteiger partial charge is 0.383 e. The molecule has 1 rings (SSSR count). The molecule has 0 bridgehead atoms. The van der Waals surface area contributed by atoms with Gasteiger partial charge in [0.05, 0.1) is 6.61 Å². The predicted octanol–water partition coefficient (Wildman–Crippen LogP) is 3.68. The van der Waals surface area contributed by atoms with E-state index < -0.39 is 0 Å². The molecule has 1 aliphatic carbocycles. The fourth-order valence-corrected chi connectivity index (χ4v) is 3.26. The van der Waals surface area contributed by atoms with Crippen molar-refractivity contribution in [2.45, 2.75) is 78.3 Å². The van der Waals surface area contributed by atoms with E-state index in [1.165, 1.54) is 51.6 Å². The normalized spacial score (nSPS) is 16.1. The summed E-state index contributed by atoms with van der Waals surface area (Å²) in [6, 6.07) is 1.50. The van der Waals surface area contributed by atoms with Gasteiger partial charge in [-0.1, -0.05) is 27.7 Å². The van der Waals surface area contributed by atoms with Crippen LogP contribution in [0.15, 0.2) is 0 Å². The van der Waals surface area contributed by atoms with Gasteiger partial charge in [0, 0.05) is 38.8 Å². The summed E-state index contributed by atoms with van der Waals surface area (Å²) in [6.07, 6.45) is 7.74. The lowest BCUT2D eigenvalue weighted by atomic mass is 9.81. The Morgan fingerprint density at radius 1 is 1.14 bits per heavy atom. The van der Waals surface area contributed by atoms with Gasteiger partial charge >= 0.3 is 0 Å². The lowest BCUT2D eigenvalue weighted by Crippen LogP contribution is -2.48. The number of nitrogens with one attached hydrogen (secondary N) is 1. The predicted molar refractivity (Wildman–Crippen MR) is 91.9 cm³/mol. The number of rotatable bonds is 13. The standard InChI is InChI=1S/C18H38N2O/c1-6-17(7-2)20(12-13-21-5)15-18(8-3,9-4)14-19-16-10-11-16/h16-17,19H,6-15H2,1-5H3. The lowest BCUT2D eigenvalue weighted by molar-refractivity contribution is 0.0645. The highest BCUT2D eigenvalue weighted by molar-refractivity contribution is 4.89. The van der Waals surface area contributed by atoms with Gasteiger partial charge in [-0.15, -0.1) is 0 Å². The molecular formula is C18H38N2O. The highest BCUT2D eigenvalue weighted by Crippen LogP contribution is 2.30. The monoisotopic (exact) mass is 298 g/mol. The summed E-state index contributed by atoms with van der Waals surface area (Å²) in [5.74, 6) is 0. The van der Waals surface area contributed by atoms with Crippen molar-refractivity contribution in [1.82, 2.24) is 10.2 Å². The average Bonchev–Trinajstić information content (AvgIpc) is 3.34. The molecule has 0 aliphatic heterocycles. The molecule has 0 atom stereocenters. The van der Waals surface area contributed by atoms with Crippen molar-refractivity contribution in [3.8, 4) is 0 Å². The van der Waals surface area contributed by atoms with Crippen LogP contribution in [0.5, 0.6) is 0 Å². The molecule has 0 aromatic carbocycles. The Bertz CT molecular complexity index is 258. The minimum Gasteiger partial charge on any atom is -0.383 e. The number of nitrogens with zero attached hydrogens (tertiary/aromatic N) is 1. The van der Waals surface area contributed by atoms with E-state index >= 15 is 0 Å². The van der Waals surface area contributed by atoms with E-state index in [1.807, 2.05) is 7.11 Å². The minimum absolute atomic E-state index is 0.416. The van der Waals surface area contributed by atoms with Crippen LogP contribution >= 0.6 is 0 Å². The third kappa shape index (κ3) is 6.25. The van der Waals surface area contributed by atoms with Gasteiger partial charge in [0.25, 0.3) is 0 Å². The zero-order chi connectivity index (χ0) is 15.7. The van der Waals surface area contributed by atoms with E-state index in [4.69, 9.17) is 4.74 Å². The van der Waals surface area contributed by atoms with E-state index in [2.05, 4.69) is 37.9 Å². The maximum atomic E-state index is 5.34. The molecule has 126 valence electrons. The van der Waals surface area contributed by atoms with Gasteiger partial charge in [-0.25, -0.2) is 0 Å². The molecule has 0 aromatic heterocycles. The van der Waals surface area contributed by atoms with E-state index in [1.54, 1.807) is 0 Å². The highest BCUT2D eigenvalue weighted by atomic mass is 16.5. The fourth-order valence-electron chi connectivity index (χ4n) is 3.26.